The summed E-state index contributed by atoms with van der Waals surface area (Å²) in [7, 11) is 0. The summed E-state index contributed by atoms with van der Waals surface area (Å²) in [5, 5.41) is 11.1. The Morgan fingerprint density at radius 2 is 2.07 bits per heavy atom. The third-order valence-electron chi connectivity index (χ3n) is 5.59. The predicted octanol–water partition coefficient (Wildman–Crippen LogP) is 2.28. The number of anilines is 1. The average molecular weight is 404 g/mol. The maximum atomic E-state index is 13.2. The molecule has 3 aromatic rings. The lowest BCUT2D eigenvalue weighted by Gasteiger charge is -2.28. The van der Waals surface area contributed by atoms with Crippen LogP contribution in [0, 0.1) is 6.92 Å². The topological polar surface area (TPSA) is 114 Å². The van der Waals surface area contributed by atoms with Gasteiger partial charge in [0.05, 0.1) is 23.7 Å². The number of aromatic nitrogens is 4. The minimum Gasteiger partial charge on any atom is -0.419 e. The van der Waals surface area contributed by atoms with Gasteiger partial charge in [-0.2, -0.15) is 0 Å². The highest BCUT2D eigenvalue weighted by molar-refractivity contribution is 6.01. The second-order valence-electron chi connectivity index (χ2n) is 7.65. The molecule has 1 aromatic carbocycles. The van der Waals surface area contributed by atoms with Gasteiger partial charge in [0.2, 0.25) is 17.7 Å². The summed E-state index contributed by atoms with van der Waals surface area (Å²) < 4.78 is 5.81. The van der Waals surface area contributed by atoms with Gasteiger partial charge >= 0.3 is 0 Å². The van der Waals surface area contributed by atoms with E-state index in [2.05, 4.69) is 25.5 Å². The van der Waals surface area contributed by atoms with E-state index in [1.807, 2.05) is 31.2 Å². The Morgan fingerprint density at radius 3 is 2.90 bits per heavy atom. The van der Waals surface area contributed by atoms with Gasteiger partial charge in [-0.15, -0.1) is 10.2 Å². The highest BCUT2D eigenvalue weighted by Crippen LogP contribution is 2.36. The largest absolute Gasteiger partial charge is 0.419 e. The van der Waals surface area contributed by atoms with E-state index >= 15 is 0 Å². The van der Waals surface area contributed by atoms with Crippen LogP contribution in [0.1, 0.15) is 41.8 Å². The number of hydrogen-bond acceptors (Lipinski definition) is 7. The fourth-order valence-electron chi connectivity index (χ4n) is 4.02. The number of likely N-dealkylation sites (tertiary alicyclic amines) is 1. The minimum absolute atomic E-state index is 0.0380. The molecule has 0 aliphatic carbocycles. The molecule has 0 radical (unpaired) electrons. The van der Waals surface area contributed by atoms with Crippen LogP contribution in [-0.4, -0.2) is 50.0 Å². The van der Waals surface area contributed by atoms with Crippen LogP contribution in [0.25, 0.3) is 11.6 Å². The molecule has 0 spiro atoms. The van der Waals surface area contributed by atoms with Gasteiger partial charge in [-0.05, 0) is 25.0 Å². The summed E-state index contributed by atoms with van der Waals surface area (Å²) in [4.78, 5) is 35.5. The molecule has 2 aliphatic heterocycles. The number of nitrogens with zero attached hydrogens (tertiary/aromatic N) is 5. The maximum absolute atomic E-state index is 13.2. The number of carbonyl (C=O) groups excluding carboxylic acids is 2. The van der Waals surface area contributed by atoms with Crippen molar-refractivity contribution in [2.24, 2.45) is 0 Å². The van der Waals surface area contributed by atoms with Crippen molar-refractivity contribution in [3.8, 4) is 11.6 Å². The first-order valence-electron chi connectivity index (χ1n) is 9.88. The van der Waals surface area contributed by atoms with Gasteiger partial charge in [-0.1, -0.05) is 18.2 Å². The third kappa shape index (κ3) is 3.32. The Balaban J connectivity index is 1.31. The lowest BCUT2D eigenvalue weighted by atomic mass is 9.89. The molecular formula is C21H20N6O3. The minimum atomic E-state index is -0.463. The Kier molecular flexibility index (Phi) is 4.50. The van der Waals surface area contributed by atoms with Gasteiger partial charge in [0.15, 0.2) is 0 Å². The molecule has 9 heteroatoms. The van der Waals surface area contributed by atoms with E-state index in [0.29, 0.717) is 36.3 Å². The maximum Gasteiger partial charge on any atom is 0.267 e. The zero-order valence-corrected chi connectivity index (χ0v) is 16.4. The lowest BCUT2D eigenvalue weighted by molar-refractivity contribution is -0.134. The summed E-state index contributed by atoms with van der Waals surface area (Å²) in [6.07, 6.45) is 4.14. The van der Waals surface area contributed by atoms with Crippen molar-refractivity contribution in [3.63, 3.8) is 0 Å². The monoisotopic (exact) mass is 404 g/mol. The van der Waals surface area contributed by atoms with E-state index in [0.717, 1.165) is 17.7 Å². The number of carbonyl (C=O) groups is 2. The Morgan fingerprint density at radius 1 is 1.20 bits per heavy atom. The second kappa shape index (κ2) is 7.33. The van der Waals surface area contributed by atoms with Crippen LogP contribution in [0.15, 0.2) is 41.1 Å². The molecule has 30 heavy (non-hydrogen) atoms. The van der Waals surface area contributed by atoms with Crippen LogP contribution in [0.2, 0.25) is 0 Å². The molecule has 1 N–H and O–H groups in total. The van der Waals surface area contributed by atoms with Crippen LogP contribution in [0.3, 0.4) is 0 Å². The quantitative estimate of drug-likeness (QED) is 0.712. The number of fused-ring (bicyclic) bond motifs is 1. The molecule has 9 nitrogen and oxygen atoms in total. The first-order chi connectivity index (χ1) is 14.6. The predicted molar refractivity (Wildman–Crippen MR) is 106 cm³/mol. The summed E-state index contributed by atoms with van der Waals surface area (Å²) in [5.41, 5.74) is 2.91. The van der Waals surface area contributed by atoms with E-state index in [1.165, 1.54) is 0 Å². The number of para-hydroxylation sites is 1. The van der Waals surface area contributed by atoms with E-state index < -0.39 is 5.92 Å². The highest BCUT2D eigenvalue weighted by Gasteiger charge is 2.37. The smallest absolute Gasteiger partial charge is 0.267 e. The molecule has 5 rings (SSSR count). The molecule has 0 bridgehead atoms. The van der Waals surface area contributed by atoms with Gasteiger partial charge in [-0.25, -0.2) is 4.98 Å². The Labute approximate surface area is 172 Å². The van der Waals surface area contributed by atoms with Crippen molar-refractivity contribution in [1.29, 1.82) is 0 Å². The third-order valence-corrected chi connectivity index (χ3v) is 5.59. The van der Waals surface area contributed by atoms with E-state index in [1.54, 1.807) is 17.3 Å². The molecule has 1 fully saturated rings. The van der Waals surface area contributed by atoms with Crippen molar-refractivity contribution in [2.45, 2.75) is 31.6 Å². The molecular weight excluding hydrogens is 384 g/mol. The van der Waals surface area contributed by atoms with Crippen molar-refractivity contribution < 1.29 is 14.0 Å². The normalized spacial score (nSPS) is 20.7. The van der Waals surface area contributed by atoms with Gasteiger partial charge in [0, 0.05) is 31.4 Å². The first-order valence-corrected chi connectivity index (χ1v) is 9.88. The van der Waals surface area contributed by atoms with Crippen LogP contribution < -0.4 is 5.32 Å². The van der Waals surface area contributed by atoms with E-state index in [9.17, 15) is 9.59 Å². The molecule has 0 unspecified atom stereocenters. The van der Waals surface area contributed by atoms with E-state index in [-0.39, 0.29) is 24.2 Å². The molecule has 2 amide bonds. The van der Waals surface area contributed by atoms with Crippen molar-refractivity contribution >= 4 is 17.5 Å². The zero-order valence-electron chi connectivity index (χ0n) is 16.4. The van der Waals surface area contributed by atoms with Gasteiger partial charge in [0.1, 0.15) is 5.69 Å². The molecule has 2 aliphatic rings. The summed E-state index contributed by atoms with van der Waals surface area (Å²) in [5.74, 6) is 0.133. The Bertz CT molecular complexity index is 1110. The molecule has 2 atom stereocenters. The van der Waals surface area contributed by atoms with Crippen molar-refractivity contribution in [3.05, 3.63) is 53.8 Å². The number of hydrogen-bond donors (Lipinski definition) is 1. The Hall–Kier alpha value is -3.62. The zero-order chi connectivity index (χ0) is 20.7. The summed E-state index contributed by atoms with van der Waals surface area (Å²) in [6, 6.07) is 7.46. The molecule has 2 aromatic heterocycles. The van der Waals surface area contributed by atoms with Crippen LogP contribution in [-0.2, 0) is 9.59 Å². The SMILES string of the molecule is Cc1cnc(-c2nnc([C@@H]3CCN(C(=O)[C@H]4CC(=O)Nc5ccccc54)C3)o2)cn1. The molecule has 4 heterocycles. The fraction of sp³-hybridized carbons (Fsp3) is 0.333. The summed E-state index contributed by atoms with van der Waals surface area (Å²) in [6.45, 7) is 2.93. The number of amides is 2. The number of rotatable bonds is 3. The van der Waals surface area contributed by atoms with Crippen LogP contribution >= 0.6 is 0 Å². The average Bonchev–Trinajstić information content (AvgIpc) is 3.43. The lowest BCUT2D eigenvalue weighted by Crippen LogP contribution is -2.37. The first kappa shape index (κ1) is 18.4. The number of benzene rings is 1. The standard InChI is InChI=1S/C21H20N6O3/c1-12-9-23-17(10-22-12)20-26-25-19(30-20)13-6-7-27(11-13)21(29)15-8-18(28)24-16-5-3-2-4-14(15)16/h2-5,9-10,13,15H,6-8,11H2,1H3,(H,24,28)/t13-,15+/m1/s1. The molecule has 1 saturated heterocycles. The number of nitrogens with one attached hydrogen (secondary N) is 1. The highest BCUT2D eigenvalue weighted by atomic mass is 16.4. The van der Waals surface area contributed by atoms with Gasteiger partial charge in [-0.3, -0.25) is 14.6 Å². The van der Waals surface area contributed by atoms with Crippen LogP contribution in [0.5, 0.6) is 0 Å². The fourth-order valence-corrected chi connectivity index (χ4v) is 4.02. The van der Waals surface area contributed by atoms with E-state index in [4.69, 9.17) is 4.42 Å². The van der Waals surface area contributed by atoms with Crippen molar-refractivity contribution in [1.82, 2.24) is 25.1 Å². The molecule has 152 valence electrons. The van der Waals surface area contributed by atoms with Crippen molar-refractivity contribution in [2.75, 3.05) is 18.4 Å². The van der Waals surface area contributed by atoms with Gasteiger partial charge < -0.3 is 14.6 Å². The van der Waals surface area contributed by atoms with Crippen LogP contribution in [0.4, 0.5) is 5.69 Å². The number of aryl methyl sites for hydroxylation is 1. The van der Waals surface area contributed by atoms with Gasteiger partial charge in [0.25, 0.3) is 5.89 Å². The second-order valence-corrected chi connectivity index (χ2v) is 7.65. The summed E-state index contributed by atoms with van der Waals surface area (Å²) >= 11 is 0. The molecule has 0 saturated carbocycles.